The summed E-state index contributed by atoms with van der Waals surface area (Å²) in [6.07, 6.45) is 0. The van der Waals surface area contributed by atoms with Crippen molar-refractivity contribution in [3.05, 3.63) is 70.4 Å². The molecule has 0 aliphatic carbocycles. The number of carbonyl (C=O) groups is 3. The molecule has 0 fully saturated rings. The van der Waals surface area contributed by atoms with Crippen LogP contribution < -0.4 is 15.4 Å². The molecule has 9 heteroatoms. The molecule has 2 aliphatic heterocycles. The van der Waals surface area contributed by atoms with Crippen LogP contribution in [-0.4, -0.2) is 42.6 Å². The number of anilines is 1. The highest BCUT2D eigenvalue weighted by Crippen LogP contribution is 2.38. The molecule has 160 valence electrons. The summed E-state index contributed by atoms with van der Waals surface area (Å²) in [7, 11) is 0. The van der Waals surface area contributed by atoms with Gasteiger partial charge in [-0.2, -0.15) is 0 Å². The van der Waals surface area contributed by atoms with Crippen molar-refractivity contribution in [2.75, 3.05) is 25.1 Å². The Morgan fingerprint density at radius 3 is 2.74 bits per heavy atom. The third-order valence-corrected chi connectivity index (χ3v) is 5.31. The van der Waals surface area contributed by atoms with Gasteiger partial charge in [0.25, 0.3) is 0 Å². The number of halogens is 1. The number of nitrogens with one attached hydrogen (secondary N) is 2. The summed E-state index contributed by atoms with van der Waals surface area (Å²) < 4.78 is 10.9. The molecular weight excluding hydrogens is 422 g/mol. The SMILES string of the molecule is CCOc1ccccc1C1NC(=O)N(CC(=O)Nc2ccccc2Cl)C2=C1C(=O)OC2. The van der Waals surface area contributed by atoms with Crippen LogP contribution in [0.2, 0.25) is 5.02 Å². The summed E-state index contributed by atoms with van der Waals surface area (Å²) >= 11 is 6.08. The van der Waals surface area contributed by atoms with Crippen LogP contribution in [0.15, 0.2) is 59.8 Å². The first kappa shape index (κ1) is 20.7. The van der Waals surface area contributed by atoms with E-state index in [-0.39, 0.29) is 18.7 Å². The normalized spacial score (nSPS) is 17.7. The molecule has 2 heterocycles. The minimum atomic E-state index is -0.733. The molecule has 2 aromatic rings. The summed E-state index contributed by atoms with van der Waals surface area (Å²) in [6.45, 7) is 1.90. The number of cyclic esters (lactones) is 1. The van der Waals surface area contributed by atoms with E-state index in [4.69, 9.17) is 21.1 Å². The van der Waals surface area contributed by atoms with Crippen molar-refractivity contribution < 1.29 is 23.9 Å². The zero-order valence-electron chi connectivity index (χ0n) is 16.7. The lowest BCUT2D eigenvalue weighted by molar-refractivity contribution is -0.136. The number of urea groups is 1. The Morgan fingerprint density at radius 2 is 1.97 bits per heavy atom. The van der Waals surface area contributed by atoms with Crippen molar-refractivity contribution in [3.8, 4) is 5.75 Å². The van der Waals surface area contributed by atoms with E-state index in [1.54, 1.807) is 42.5 Å². The molecule has 1 unspecified atom stereocenters. The molecule has 3 amide bonds. The molecule has 2 aromatic carbocycles. The predicted molar refractivity (Wildman–Crippen MR) is 114 cm³/mol. The smallest absolute Gasteiger partial charge is 0.338 e. The maximum Gasteiger partial charge on any atom is 0.338 e. The van der Waals surface area contributed by atoms with Crippen molar-refractivity contribution in [1.29, 1.82) is 0 Å². The molecule has 4 rings (SSSR count). The summed E-state index contributed by atoms with van der Waals surface area (Å²) in [5.41, 5.74) is 1.73. The van der Waals surface area contributed by atoms with E-state index in [2.05, 4.69) is 10.6 Å². The lowest BCUT2D eigenvalue weighted by atomic mass is 9.95. The molecule has 2 aliphatic rings. The monoisotopic (exact) mass is 441 g/mol. The number of benzene rings is 2. The van der Waals surface area contributed by atoms with Crippen LogP contribution in [0.1, 0.15) is 18.5 Å². The molecule has 0 bridgehead atoms. The first-order chi connectivity index (χ1) is 15.0. The highest BCUT2D eigenvalue weighted by atomic mass is 35.5. The molecule has 0 saturated heterocycles. The van der Waals surface area contributed by atoms with E-state index in [9.17, 15) is 14.4 Å². The van der Waals surface area contributed by atoms with Gasteiger partial charge in [-0.15, -0.1) is 0 Å². The van der Waals surface area contributed by atoms with Gasteiger partial charge in [-0.1, -0.05) is 41.9 Å². The highest BCUT2D eigenvalue weighted by molar-refractivity contribution is 6.33. The molecule has 0 spiro atoms. The molecule has 31 heavy (non-hydrogen) atoms. The van der Waals surface area contributed by atoms with Crippen LogP contribution in [-0.2, 0) is 14.3 Å². The fraction of sp³-hybridized carbons (Fsp3) is 0.227. The predicted octanol–water partition coefficient (Wildman–Crippen LogP) is 3.25. The third-order valence-electron chi connectivity index (χ3n) is 4.98. The number of ether oxygens (including phenoxy) is 2. The van der Waals surface area contributed by atoms with Crippen LogP contribution >= 0.6 is 11.6 Å². The van der Waals surface area contributed by atoms with Gasteiger partial charge in [0.15, 0.2) is 0 Å². The number of esters is 1. The Morgan fingerprint density at radius 1 is 1.23 bits per heavy atom. The number of rotatable bonds is 6. The minimum absolute atomic E-state index is 0.0890. The number of para-hydroxylation sites is 2. The average molecular weight is 442 g/mol. The quantitative estimate of drug-likeness (QED) is 0.671. The number of hydrogen-bond acceptors (Lipinski definition) is 5. The highest BCUT2D eigenvalue weighted by Gasteiger charge is 2.43. The van der Waals surface area contributed by atoms with E-state index in [1.165, 1.54) is 4.90 Å². The van der Waals surface area contributed by atoms with Crippen molar-refractivity contribution in [3.63, 3.8) is 0 Å². The summed E-state index contributed by atoms with van der Waals surface area (Å²) in [4.78, 5) is 39.2. The van der Waals surface area contributed by atoms with E-state index < -0.39 is 23.9 Å². The Labute approximate surface area is 183 Å². The van der Waals surface area contributed by atoms with Gasteiger partial charge in [-0.25, -0.2) is 9.59 Å². The Balaban J connectivity index is 1.63. The zero-order chi connectivity index (χ0) is 22.0. The average Bonchev–Trinajstić information content (AvgIpc) is 3.14. The summed E-state index contributed by atoms with van der Waals surface area (Å²) in [5, 5.41) is 5.86. The topological polar surface area (TPSA) is 97.0 Å². The number of hydrogen-bond donors (Lipinski definition) is 2. The van der Waals surface area contributed by atoms with E-state index >= 15 is 0 Å². The first-order valence-corrected chi connectivity index (χ1v) is 10.1. The Bertz CT molecular complexity index is 1080. The standard InChI is InChI=1S/C22H20ClN3O5/c1-2-30-17-10-6-3-7-13(17)20-19-16(12-31-21(19)28)26(22(29)25-20)11-18(27)24-15-9-5-4-8-14(15)23/h3-10,20H,2,11-12H2,1H3,(H,24,27)(H,25,29). The van der Waals surface area contributed by atoms with E-state index in [0.29, 0.717) is 34.3 Å². The molecular formula is C22H20ClN3O5. The largest absolute Gasteiger partial charge is 0.494 e. The van der Waals surface area contributed by atoms with Gasteiger partial charge in [0.05, 0.1) is 34.6 Å². The maximum atomic E-state index is 12.9. The van der Waals surface area contributed by atoms with Gasteiger partial charge in [0.2, 0.25) is 5.91 Å². The van der Waals surface area contributed by atoms with Crippen molar-refractivity contribution in [2.45, 2.75) is 13.0 Å². The van der Waals surface area contributed by atoms with Gasteiger partial charge in [0, 0.05) is 5.56 Å². The second-order valence-electron chi connectivity index (χ2n) is 6.90. The van der Waals surface area contributed by atoms with Crippen LogP contribution in [0, 0.1) is 0 Å². The van der Waals surface area contributed by atoms with E-state index in [0.717, 1.165) is 0 Å². The minimum Gasteiger partial charge on any atom is -0.494 e. The maximum absolute atomic E-state index is 12.9. The number of amides is 3. The van der Waals surface area contributed by atoms with Gasteiger partial charge in [-0.05, 0) is 25.1 Å². The number of nitrogens with zero attached hydrogens (tertiary/aromatic N) is 1. The van der Waals surface area contributed by atoms with Crippen LogP contribution in [0.25, 0.3) is 0 Å². The van der Waals surface area contributed by atoms with E-state index in [1.807, 2.05) is 13.0 Å². The Hall–Kier alpha value is -3.52. The second-order valence-corrected chi connectivity index (χ2v) is 7.31. The molecule has 8 nitrogen and oxygen atoms in total. The van der Waals surface area contributed by atoms with Gasteiger partial charge in [-0.3, -0.25) is 9.69 Å². The van der Waals surface area contributed by atoms with Crippen LogP contribution in [0.3, 0.4) is 0 Å². The molecule has 0 aromatic heterocycles. The molecule has 2 N–H and O–H groups in total. The van der Waals surface area contributed by atoms with Gasteiger partial charge < -0.3 is 20.1 Å². The fourth-order valence-corrected chi connectivity index (χ4v) is 3.80. The van der Waals surface area contributed by atoms with Crippen LogP contribution in [0.5, 0.6) is 5.75 Å². The summed E-state index contributed by atoms with van der Waals surface area (Å²) in [5.74, 6) is -0.433. The van der Waals surface area contributed by atoms with Gasteiger partial charge in [0.1, 0.15) is 18.9 Å². The number of carbonyl (C=O) groups excluding carboxylic acids is 3. The first-order valence-electron chi connectivity index (χ1n) is 9.74. The third kappa shape index (κ3) is 4.06. The van der Waals surface area contributed by atoms with Crippen molar-refractivity contribution in [1.82, 2.24) is 10.2 Å². The fourth-order valence-electron chi connectivity index (χ4n) is 3.61. The Kier molecular flexibility index (Phi) is 5.81. The second kappa shape index (κ2) is 8.69. The summed E-state index contributed by atoms with van der Waals surface area (Å²) in [6, 6.07) is 12.7. The lowest BCUT2D eigenvalue weighted by Crippen LogP contribution is -2.49. The molecule has 1 atom stereocenters. The lowest BCUT2D eigenvalue weighted by Gasteiger charge is -2.33. The van der Waals surface area contributed by atoms with Crippen LogP contribution in [0.4, 0.5) is 10.5 Å². The van der Waals surface area contributed by atoms with Gasteiger partial charge >= 0.3 is 12.0 Å². The van der Waals surface area contributed by atoms with Crippen molar-refractivity contribution in [2.24, 2.45) is 0 Å². The molecule has 0 saturated carbocycles. The van der Waals surface area contributed by atoms with Crippen molar-refractivity contribution >= 4 is 35.2 Å². The zero-order valence-corrected chi connectivity index (χ0v) is 17.4. The molecule has 0 radical (unpaired) electrons.